The highest BCUT2D eigenvalue weighted by Gasteiger charge is 2.36. The number of amidine groups is 1. The predicted molar refractivity (Wildman–Crippen MR) is 143 cm³/mol. The van der Waals surface area contributed by atoms with Crippen LogP contribution in [-0.2, 0) is 0 Å². The summed E-state index contributed by atoms with van der Waals surface area (Å²) in [7, 11) is 4.07. The molecular formula is C28H26N4OS. The van der Waals surface area contributed by atoms with Crippen LogP contribution in [-0.4, -0.2) is 35.9 Å². The van der Waals surface area contributed by atoms with Crippen LogP contribution in [0.2, 0.25) is 0 Å². The fraction of sp³-hybridized carbons (Fsp3) is 0.179. The van der Waals surface area contributed by atoms with Crippen LogP contribution in [0.4, 0.5) is 10.5 Å². The van der Waals surface area contributed by atoms with Gasteiger partial charge in [0.25, 0.3) is 0 Å². The smallest absolute Gasteiger partial charge is 0.311 e. The van der Waals surface area contributed by atoms with Gasteiger partial charge < -0.3 is 4.90 Å². The van der Waals surface area contributed by atoms with E-state index in [0.29, 0.717) is 5.84 Å². The Bertz CT molecular complexity index is 1310. The van der Waals surface area contributed by atoms with Gasteiger partial charge in [0.1, 0.15) is 0 Å². The van der Waals surface area contributed by atoms with E-state index < -0.39 is 0 Å². The lowest BCUT2D eigenvalue weighted by atomic mass is 9.98. The van der Waals surface area contributed by atoms with Crippen molar-refractivity contribution in [2.24, 2.45) is 10.1 Å². The molecule has 34 heavy (non-hydrogen) atoms. The maximum Gasteiger partial charge on any atom is 0.311 e. The monoisotopic (exact) mass is 466 g/mol. The summed E-state index contributed by atoms with van der Waals surface area (Å²) in [6.07, 6.45) is 2.78. The summed E-state index contributed by atoms with van der Waals surface area (Å²) in [5.41, 5.74) is 6.58. The quantitative estimate of drug-likeness (QED) is 0.439. The fourth-order valence-corrected chi connectivity index (χ4v) is 4.95. The Balaban J connectivity index is 1.57. The van der Waals surface area contributed by atoms with Crippen LogP contribution >= 0.6 is 11.8 Å². The number of carbonyl (C=O) groups is 1. The third-order valence-electron chi connectivity index (χ3n) is 6.12. The van der Waals surface area contributed by atoms with E-state index in [1.807, 2.05) is 55.5 Å². The Labute approximate surface area is 204 Å². The van der Waals surface area contributed by atoms with Gasteiger partial charge in [0, 0.05) is 26.2 Å². The zero-order chi connectivity index (χ0) is 23.7. The number of aryl methyl sites for hydroxylation is 1. The van der Waals surface area contributed by atoms with E-state index in [1.165, 1.54) is 11.8 Å². The van der Waals surface area contributed by atoms with Crippen molar-refractivity contribution in [3.8, 4) is 0 Å². The molecule has 1 unspecified atom stereocenters. The molecule has 5 rings (SSSR count). The molecule has 3 aromatic rings. The van der Waals surface area contributed by atoms with Crippen LogP contribution in [0, 0.1) is 6.92 Å². The molecule has 0 fully saturated rings. The number of rotatable bonds is 4. The Hall–Kier alpha value is -3.64. The Morgan fingerprint density at radius 1 is 0.971 bits per heavy atom. The lowest BCUT2D eigenvalue weighted by Crippen LogP contribution is -2.26. The zero-order valence-electron chi connectivity index (χ0n) is 19.5. The van der Waals surface area contributed by atoms with Gasteiger partial charge in [-0.2, -0.15) is 10.1 Å². The molecule has 0 radical (unpaired) electrons. The number of thioether (sulfide) groups is 1. The summed E-state index contributed by atoms with van der Waals surface area (Å²) in [6.45, 7) is 2.07. The van der Waals surface area contributed by atoms with Crippen molar-refractivity contribution in [1.29, 1.82) is 0 Å². The summed E-state index contributed by atoms with van der Waals surface area (Å²) in [5, 5.41) is 6.74. The number of nitrogens with zero attached hydrogens (tertiary/aromatic N) is 4. The van der Waals surface area contributed by atoms with Gasteiger partial charge >= 0.3 is 5.24 Å². The second-order valence-electron chi connectivity index (χ2n) is 8.63. The van der Waals surface area contributed by atoms with Gasteiger partial charge in [-0.15, -0.1) is 0 Å². The van der Waals surface area contributed by atoms with Gasteiger partial charge in [0.15, 0.2) is 5.84 Å². The molecule has 0 spiro atoms. The van der Waals surface area contributed by atoms with E-state index >= 15 is 0 Å². The molecular weight excluding hydrogens is 440 g/mol. The summed E-state index contributed by atoms with van der Waals surface area (Å²) in [6, 6.07) is 26.9. The Morgan fingerprint density at radius 3 is 2.38 bits per heavy atom. The molecule has 2 heterocycles. The van der Waals surface area contributed by atoms with Crippen LogP contribution in [0.1, 0.15) is 34.7 Å². The molecule has 3 aromatic carbocycles. The summed E-state index contributed by atoms with van der Waals surface area (Å²) < 4.78 is 0. The summed E-state index contributed by atoms with van der Waals surface area (Å²) in [4.78, 5) is 19.8. The van der Waals surface area contributed by atoms with E-state index in [0.717, 1.165) is 45.0 Å². The van der Waals surface area contributed by atoms with Crippen molar-refractivity contribution in [3.63, 3.8) is 0 Å². The van der Waals surface area contributed by atoms with Crippen molar-refractivity contribution >= 4 is 40.3 Å². The second-order valence-corrected chi connectivity index (χ2v) is 9.62. The molecule has 0 saturated heterocycles. The van der Waals surface area contributed by atoms with Gasteiger partial charge in [-0.1, -0.05) is 66.7 Å². The normalized spacial score (nSPS) is 18.9. The molecule has 2 aliphatic rings. The average Bonchev–Trinajstić information content (AvgIpc) is 3.44. The van der Waals surface area contributed by atoms with Crippen molar-refractivity contribution in [1.82, 2.24) is 5.01 Å². The largest absolute Gasteiger partial charge is 0.378 e. The SMILES string of the molecule is Cc1ccccc1/C=C1\SC(=O)N=C1N1N=C(c2ccccc2)CC1c1ccc(N(C)C)cc1. The predicted octanol–water partition coefficient (Wildman–Crippen LogP) is 6.52. The van der Waals surface area contributed by atoms with Gasteiger partial charge in [-0.25, -0.2) is 5.01 Å². The number of hydrogen-bond acceptors (Lipinski definition) is 5. The highest BCUT2D eigenvalue weighted by molar-refractivity contribution is 8.18. The first-order valence-corrected chi connectivity index (χ1v) is 12.1. The number of anilines is 1. The van der Waals surface area contributed by atoms with Crippen LogP contribution < -0.4 is 4.90 Å². The molecule has 5 nitrogen and oxygen atoms in total. The molecule has 0 aromatic heterocycles. The third kappa shape index (κ3) is 4.41. The van der Waals surface area contributed by atoms with Crippen LogP contribution in [0.3, 0.4) is 0 Å². The molecule has 6 heteroatoms. The molecule has 1 amide bonds. The standard InChI is InChI=1S/C28H26N4OS/c1-19-9-7-8-12-22(19)17-26-27(29-28(33)34-26)32-25(21-13-15-23(16-14-21)31(2)3)18-24(30-32)20-10-5-4-6-11-20/h4-17,25H,18H2,1-3H3/b26-17-. The average molecular weight is 467 g/mol. The first kappa shape index (κ1) is 22.2. The van der Waals surface area contributed by atoms with E-state index in [9.17, 15) is 4.79 Å². The first-order chi connectivity index (χ1) is 16.5. The molecule has 0 aliphatic carbocycles. The van der Waals surface area contributed by atoms with Crippen molar-refractivity contribution in [2.75, 3.05) is 19.0 Å². The number of carbonyl (C=O) groups excluding carboxylic acids is 1. The minimum atomic E-state index is -0.208. The van der Waals surface area contributed by atoms with Gasteiger partial charge in [-0.05, 0) is 59.1 Å². The molecule has 1 atom stereocenters. The van der Waals surface area contributed by atoms with Crippen LogP contribution in [0.25, 0.3) is 6.08 Å². The minimum absolute atomic E-state index is 0.0445. The van der Waals surface area contributed by atoms with Gasteiger partial charge in [0.2, 0.25) is 0 Å². The Kier molecular flexibility index (Phi) is 6.07. The minimum Gasteiger partial charge on any atom is -0.378 e. The number of benzene rings is 3. The van der Waals surface area contributed by atoms with E-state index in [4.69, 9.17) is 5.10 Å². The number of amides is 1. The maximum atomic E-state index is 12.5. The molecule has 0 bridgehead atoms. The van der Waals surface area contributed by atoms with Crippen molar-refractivity contribution < 1.29 is 4.79 Å². The van der Waals surface area contributed by atoms with E-state index in [2.05, 4.69) is 65.3 Å². The number of hydrazone groups is 1. The lowest BCUT2D eigenvalue weighted by molar-refractivity contribution is 0.267. The molecule has 170 valence electrons. The van der Waals surface area contributed by atoms with Gasteiger partial charge in [-0.3, -0.25) is 4.79 Å². The first-order valence-electron chi connectivity index (χ1n) is 11.3. The highest BCUT2D eigenvalue weighted by atomic mass is 32.2. The van der Waals surface area contributed by atoms with Crippen LogP contribution in [0.5, 0.6) is 0 Å². The number of aliphatic imine (C=N–C) groups is 1. The number of hydrogen-bond donors (Lipinski definition) is 0. The van der Waals surface area contributed by atoms with Crippen molar-refractivity contribution in [3.05, 3.63) is 106 Å². The third-order valence-corrected chi connectivity index (χ3v) is 6.90. The molecule has 0 saturated carbocycles. The molecule has 2 aliphatic heterocycles. The van der Waals surface area contributed by atoms with Crippen LogP contribution in [0.15, 0.2) is 93.9 Å². The van der Waals surface area contributed by atoms with Gasteiger partial charge in [0.05, 0.1) is 16.7 Å². The second kappa shape index (κ2) is 9.31. The fourth-order valence-electron chi connectivity index (χ4n) is 4.22. The maximum absolute atomic E-state index is 12.5. The van der Waals surface area contributed by atoms with Crippen molar-refractivity contribution in [2.45, 2.75) is 19.4 Å². The van der Waals surface area contributed by atoms with E-state index in [1.54, 1.807) is 0 Å². The van der Waals surface area contributed by atoms with E-state index in [-0.39, 0.29) is 11.3 Å². The molecule has 0 N–H and O–H groups in total. The summed E-state index contributed by atoms with van der Waals surface area (Å²) >= 11 is 1.17. The topological polar surface area (TPSA) is 48.3 Å². The lowest BCUT2D eigenvalue weighted by Gasteiger charge is -2.24. The highest BCUT2D eigenvalue weighted by Crippen LogP contribution is 2.40. The Morgan fingerprint density at radius 2 is 1.68 bits per heavy atom. The zero-order valence-corrected chi connectivity index (χ0v) is 20.3. The summed E-state index contributed by atoms with van der Waals surface area (Å²) in [5.74, 6) is 0.617.